The molecule has 0 saturated carbocycles. The predicted octanol–water partition coefficient (Wildman–Crippen LogP) is 5.05. The lowest BCUT2D eigenvalue weighted by Crippen LogP contribution is -2.30. The second kappa shape index (κ2) is 11.9. The number of para-hydroxylation sites is 1. The van der Waals surface area contributed by atoms with Crippen molar-refractivity contribution < 1.29 is 22.6 Å². The lowest BCUT2D eigenvalue weighted by atomic mass is 10.2. The van der Waals surface area contributed by atoms with Gasteiger partial charge in [0.15, 0.2) is 27.3 Å². The van der Waals surface area contributed by atoms with Crippen LogP contribution < -0.4 is 9.47 Å². The molecule has 13 heteroatoms. The van der Waals surface area contributed by atoms with Gasteiger partial charge in [0.1, 0.15) is 29.0 Å². The minimum Gasteiger partial charge on any atom is -0.494 e. The fraction of sp³-hybridized carbons (Fsp3) is 0.308. The summed E-state index contributed by atoms with van der Waals surface area (Å²) in [7, 11) is 0.537. The number of hydrogen-bond acceptors (Lipinski definition) is 9. The minimum absolute atomic E-state index is 0.130. The standard InChI is InChI=1S/C26H27Cl2N5O5S/c1-15-12-29-25(30-13-15)24(38-5)16(2)39(34,35)14-22-31-32-26(17-9-10-18(27)19(28)11-17)33(22)23-20(36-3)7-6-8-21(23)37-4/h6-13,16,24H,14H2,1-5H3/t16-,24-/m0/s1. The van der Waals surface area contributed by atoms with Crippen LogP contribution in [0.3, 0.4) is 0 Å². The third-order valence-corrected chi connectivity index (χ3v) is 8.95. The number of sulfone groups is 1. The molecule has 0 aliphatic carbocycles. The molecular weight excluding hydrogens is 565 g/mol. The molecule has 0 spiro atoms. The van der Waals surface area contributed by atoms with E-state index in [0.29, 0.717) is 38.6 Å². The van der Waals surface area contributed by atoms with E-state index in [1.807, 2.05) is 6.92 Å². The average Bonchev–Trinajstić information content (AvgIpc) is 3.33. The van der Waals surface area contributed by atoms with Crippen LogP contribution in [0.2, 0.25) is 10.0 Å². The molecule has 2 heterocycles. The van der Waals surface area contributed by atoms with Gasteiger partial charge in [-0.3, -0.25) is 4.57 Å². The molecule has 0 aliphatic heterocycles. The van der Waals surface area contributed by atoms with E-state index in [2.05, 4.69) is 20.2 Å². The summed E-state index contributed by atoms with van der Waals surface area (Å²) in [5.41, 5.74) is 1.83. The van der Waals surface area contributed by atoms with E-state index in [4.69, 9.17) is 37.4 Å². The monoisotopic (exact) mass is 591 g/mol. The Morgan fingerprint density at radius 1 is 0.949 bits per heavy atom. The van der Waals surface area contributed by atoms with Crippen molar-refractivity contribution in [2.45, 2.75) is 31.0 Å². The van der Waals surface area contributed by atoms with Crippen LogP contribution in [0.15, 0.2) is 48.8 Å². The summed E-state index contributed by atoms with van der Waals surface area (Å²) in [6.45, 7) is 3.40. The van der Waals surface area contributed by atoms with Crippen molar-refractivity contribution in [3.05, 3.63) is 76.0 Å². The van der Waals surface area contributed by atoms with Gasteiger partial charge in [0.2, 0.25) is 0 Å². The zero-order valence-electron chi connectivity index (χ0n) is 21.9. The Morgan fingerprint density at radius 2 is 1.59 bits per heavy atom. The molecule has 4 aromatic rings. The maximum absolute atomic E-state index is 13.8. The first-order valence-electron chi connectivity index (χ1n) is 11.7. The van der Waals surface area contributed by atoms with Crippen LogP contribution >= 0.6 is 23.2 Å². The van der Waals surface area contributed by atoms with Crippen molar-refractivity contribution in [1.82, 2.24) is 24.7 Å². The second-order valence-electron chi connectivity index (χ2n) is 8.70. The summed E-state index contributed by atoms with van der Waals surface area (Å²) in [5, 5.41) is 8.28. The molecule has 0 aliphatic rings. The first-order chi connectivity index (χ1) is 18.6. The highest BCUT2D eigenvalue weighted by Gasteiger charge is 2.35. The van der Waals surface area contributed by atoms with Crippen molar-refractivity contribution in [2.24, 2.45) is 0 Å². The van der Waals surface area contributed by atoms with Crippen molar-refractivity contribution in [1.29, 1.82) is 0 Å². The summed E-state index contributed by atoms with van der Waals surface area (Å²) >= 11 is 12.4. The topological polar surface area (TPSA) is 118 Å². The Balaban J connectivity index is 1.86. The normalized spacial score (nSPS) is 13.2. The molecular formula is C26H27Cl2N5O5S. The average molecular weight is 593 g/mol. The van der Waals surface area contributed by atoms with Crippen molar-refractivity contribution in [3.8, 4) is 28.6 Å². The molecule has 2 aromatic carbocycles. The van der Waals surface area contributed by atoms with Gasteiger partial charge in [-0.05, 0) is 49.7 Å². The van der Waals surface area contributed by atoms with E-state index < -0.39 is 26.9 Å². The number of aryl methyl sites for hydroxylation is 1. The van der Waals surface area contributed by atoms with Crippen LogP contribution in [0.4, 0.5) is 0 Å². The number of rotatable bonds is 10. The van der Waals surface area contributed by atoms with Crippen LogP contribution in [0, 0.1) is 6.92 Å². The van der Waals surface area contributed by atoms with Crippen LogP contribution in [-0.2, 0) is 20.3 Å². The lowest BCUT2D eigenvalue weighted by molar-refractivity contribution is 0.0947. The second-order valence-corrected chi connectivity index (χ2v) is 11.9. The van der Waals surface area contributed by atoms with Gasteiger partial charge < -0.3 is 14.2 Å². The SMILES string of the molecule is COc1cccc(OC)c1-n1c(CS(=O)(=O)[C@@H](C)[C@H](OC)c2ncc(C)cn2)nnc1-c1ccc(Cl)c(Cl)c1. The number of aromatic nitrogens is 5. The Kier molecular flexibility index (Phi) is 8.75. The van der Waals surface area contributed by atoms with Crippen LogP contribution in [0.25, 0.3) is 17.1 Å². The summed E-state index contributed by atoms with van der Waals surface area (Å²) in [6.07, 6.45) is 2.33. The molecule has 0 amide bonds. The first-order valence-corrected chi connectivity index (χ1v) is 14.2. The van der Waals surface area contributed by atoms with Gasteiger partial charge in [0, 0.05) is 25.1 Å². The Bertz CT molecular complexity index is 1560. The first kappa shape index (κ1) is 28.8. The highest BCUT2D eigenvalue weighted by atomic mass is 35.5. The fourth-order valence-electron chi connectivity index (χ4n) is 4.08. The van der Waals surface area contributed by atoms with E-state index in [1.54, 1.807) is 60.3 Å². The van der Waals surface area contributed by atoms with Gasteiger partial charge >= 0.3 is 0 Å². The molecule has 4 rings (SSSR count). The van der Waals surface area contributed by atoms with E-state index in [-0.39, 0.29) is 11.6 Å². The molecule has 0 N–H and O–H groups in total. The molecule has 206 valence electrons. The van der Waals surface area contributed by atoms with Crippen molar-refractivity contribution in [2.75, 3.05) is 21.3 Å². The Labute approximate surface area is 236 Å². The molecule has 0 radical (unpaired) electrons. The molecule has 2 aromatic heterocycles. The molecule has 0 bridgehead atoms. The van der Waals surface area contributed by atoms with Gasteiger partial charge in [0.05, 0.1) is 29.5 Å². The zero-order chi connectivity index (χ0) is 28.3. The zero-order valence-corrected chi connectivity index (χ0v) is 24.3. The summed E-state index contributed by atoms with van der Waals surface area (Å²) in [4.78, 5) is 8.54. The molecule has 10 nitrogen and oxygen atoms in total. The van der Waals surface area contributed by atoms with Gasteiger partial charge in [-0.2, -0.15) is 0 Å². The Morgan fingerprint density at radius 3 is 2.15 bits per heavy atom. The largest absolute Gasteiger partial charge is 0.494 e. The van der Waals surface area contributed by atoms with Gasteiger partial charge in [-0.1, -0.05) is 29.3 Å². The van der Waals surface area contributed by atoms with Crippen LogP contribution in [0.1, 0.15) is 30.2 Å². The minimum atomic E-state index is -3.89. The number of benzene rings is 2. The van der Waals surface area contributed by atoms with E-state index in [9.17, 15) is 8.42 Å². The number of halogens is 2. The highest BCUT2D eigenvalue weighted by molar-refractivity contribution is 7.91. The van der Waals surface area contributed by atoms with Crippen LogP contribution in [0.5, 0.6) is 11.5 Å². The van der Waals surface area contributed by atoms with Crippen LogP contribution in [-0.4, -0.2) is 59.7 Å². The summed E-state index contributed by atoms with van der Waals surface area (Å²) in [5.74, 6) is 1.08. The van der Waals surface area contributed by atoms with E-state index >= 15 is 0 Å². The predicted molar refractivity (Wildman–Crippen MR) is 149 cm³/mol. The van der Waals surface area contributed by atoms with E-state index in [0.717, 1.165) is 5.56 Å². The molecule has 0 fully saturated rings. The van der Waals surface area contributed by atoms with Gasteiger partial charge in [-0.25, -0.2) is 18.4 Å². The molecule has 39 heavy (non-hydrogen) atoms. The lowest BCUT2D eigenvalue weighted by Gasteiger charge is -2.22. The smallest absolute Gasteiger partial charge is 0.168 e. The number of hydrogen-bond donors (Lipinski definition) is 0. The fourth-order valence-corrected chi connectivity index (χ4v) is 5.79. The highest BCUT2D eigenvalue weighted by Crippen LogP contribution is 2.38. The maximum Gasteiger partial charge on any atom is 0.168 e. The van der Waals surface area contributed by atoms with Crippen molar-refractivity contribution >= 4 is 33.0 Å². The number of ether oxygens (including phenoxy) is 3. The summed E-state index contributed by atoms with van der Waals surface area (Å²) < 4.78 is 45.9. The maximum atomic E-state index is 13.8. The third kappa shape index (κ3) is 5.86. The third-order valence-electron chi connectivity index (χ3n) is 6.17. The number of methoxy groups -OCH3 is 3. The quantitative estimate of drug-likeness (QED) is 0.249. The van der Waals surface area contributed by atoms with E-state index in [1.165, 1.54) is 21.3 Å². The molecule has 2 atom stereocenters. The Hall–Kier alpha value is -3.25. The molecule has 0 saturated heterocycles. The van der Waals surface area contributed by atoms with Gasteiger partial charge in [0.25, 0.3) is 0 Å². The number of nitrogens with zero attached hydrogens (tertiary/aromatic N) is 5. The van der Waals surface area contributed by atoms with Gasteiger partial charge in [-0.15, -0.1) is 10.2 Å². The summed E-state index contributed by atoms with van der Waals surface area (Å²) in [6, 6.07) is 10.2. The van der Waals surface area contributed by atoms with Crippen molar-refractivity contribution in [3.63, 3.8) is 0 Å². The molecule has 0 unspecified atom stereocenters.